The second-order valence-corrected chi connectivity index (χ2v) is 4.92. The van der Waals surface area contributed by atoms with Crippen molar-refractivity contribution < 1.29 is 9.90 Å². The van der Waals surface area contributed by atoms with Gasteiger partial charge >= 0.3 is 0 Å². The van der Waals surface area contributed by atoms with Gasteiger partial charge in [-0.1, -0.05) is 0 Å². The van der Waals surface area contributed by atoms with Crippen LogP contribution in [0.5, 0.6) is 0 Å². The number of aliphatic hydroxyl groups is 1. The van der Waals surface area contributed by atoms with Crippen LogP contribution in [0.2, 0.25) is 0 Å². The molecule has 0 saturated heterocycles. The maximum absolute atomic E-state index is 11.8. The van der Waals surface area contributed by atoms with E-state index in [9.17, 15) is 4.79 Å². The Morgan fingerprint density at radius 3 is 2.68 bits per heavy atom. The molecule has 4 N–H and O–H groups in total. The molecule has 106 valence electrons. The van der Waals surface area contributed by atoms with Crippen molar-refractivity contribution >= 4 is 17.3 Å². The Morgan fingerprint density at radius 2 is 2.16 bits per heavy atom. The molecule has 0 heterocycles. The Hall–Kier alpha value is -1.75. The molecule has 1 rings (SSSR count). The molecule has 19 heavy (non-hydrogen) atoms. The molecule has 0 saturated carbocycles. The highest BCUT2D eigenvalue weighted by molar-refractivity contribution is 5.95. The van der Waals surface area contributed by atoms with Crippen LogP contribution in [0.1, 0.15) is 30.1 Å². The summed E-state index contributed by atoms with van der Waals surface area (Å²) < 4.78 is 0. The van der Waals surface area contributed by atoms with E-state index in [1.165, 1.54) is 4.90 Å². The van der Waals surface area contributed by atoms with Gasteiger partial charge in [-0.05, 0) is 38.0 Å². The van der Waals surface area contributed by atoms with Gasteiger partial charge in [0.05, 0.1) is 17.5 Å². The highest BCUT2D eigenvalue weighted by atomic mass is 16.3. The third kappa shape index (κ3) is 4.79. The molecular weight excluding hydrogens is 242 g/mol. The van der Waals surface area contributed by atoms with E-state index in [1.54, 1.807) is 33.2 Å². The SMILES string of the molecule is CC(O)CCCNc1ccc(C(=O)N(C)C)cc1N. The van der Waals surface area contributed by atoms with Gasteiger partial charge in [0.15, 0.2) is 0 Å². The van der Waals surface area contributed by atoms with Crippen molar-refractivity contribution in [1.82, 2.24) is 4.90 Å². The van der Waals surface area contributed by atoms with Gasteiger partial charge in [0, 0.05) is 26.2 Å². The number of carbonyl (C=O) groups excluding carboxylic acids is 1. The summed E-state index contributed by atoms with van der Waals surface area (Å²) >= 11 is 0. The number of aliphatic hydroxyl groups excluding tert-OH is 1. The first-order chi connectivity index (χ1) is 8.91. The lowest BCUT2D eigenvalue weighted by Gasteiger charge is -2.13. The van der Waals surface area contributed by atoms with Gasteiger partial charge in [0.25, 0.3) is 5.91 Å². The number of nitrogens with two attached hydrogens (primary N) is 1. The lowest BCUT2D eigenvalue weighted by molar-refractivity contribution is 0.0827. The van der Waals surface area contributed by atoms with Crippen LogP contribution < -0.4 is 11.1 Å². The van der Waals surface area contributed by atoms with Gasteiger partial charge < -0.3 is 21.1 Å². The van der Waals surface area contributed by atoms with E-state index in [2.05, 4.69) is 5.32 Å². The number of rotatable bonds is 6. The molecule has 1 aromatic rings. The van der Waals surface area contributed by atoms with Gasteiger partial charge in [-0.2, -0.15) is 0 Å². The first-order valence-corrected chi connectivity index (χ1v) is 6.45. The van der Waals surface area contributed by atoms with E-state index in [1.807, 2.05) is 6.07 Å². The molecule has 0 bridgehead atoms. The number of hydrogen-bond donors (Lipinski definition) is 3. The molecule has 1 atom stereocenters. The van der Waals surface area contributed by atoms with Crippen molar-refractivity contribution in [3.63, 3.8) is 0 Å². The minimum absolute atomic E-state index is 0.0626. The van der Waals surface area contributed by atoms with Gasteiger partial charge in [0.1, 0.15) is 0 Å². The molecule has 1 amide bonds. The Morgan fingerprint density at radius 1 is 1.47 bits per heavy atom. The van der Waals surface area contributed by atoms with Crippen LogP contribution in [0.3, 0.4) is 0 Å². The predicted octanol–water partition coefficient (Wildman–Crippen LogP) is 1.54. The van der Waals surface area contributed by atoms with Crippen molar-refractivity contribution in [2.45, 2.75) is 25.9 Å². The second kappa shape index (κ2) is 6.99. The molecule has 0 aliphatic carbocycles. The summed E-state index contributed by atoms with van der Waals surface area (Å²) in [6.45, 7) is 2.52. The minimum atomic E-state index is -0.278. The van der Waals surface area contributed by atoms with E-state index in [-0.39, 0.29) is 12.0 Å². The molecule has 1 aromatic carbocycles. The minimum Gasteiger partial charge on any atom is -0.397 e. The van der Waals surface area contributed by atoms with Crippen LogP contribution >= 0.6 is 0 Å². The zero-order chi connectivity index (χ0) is 14.4. The summed E-state index contributed by atoms with van der Waals surface area (Å²) in [4.78, 5) is 13.3. The number of hydrogen-bond acceptors (Lipinski definition) is 4. The zero-order valence-electron chi connectivity index (χ0n) is 11.8. The molecule has 0 radical (unpaired) electrons. The average Bonchev–Trinajstić information content (AvgIpc) is 2.34. The molecule has 5 heteroatoms. The van der Waals surface area contributed by atoms with Crippen molar-refractivity contribution in [2.24, 2.45) is 0 Å². The first kappa shape index (κ1) is 15.3. The average molecular weight is 265 g/mol. The largest absolute Gasteiger partial charge is 0.397 e. The van der Waals surface area contributed by atoms with E-state index < -0.39 is 0 Å². The van der Waals surface area contributed by atoms with Crippen molar-refractivity contribution in [3.8, 4) is 0 Å². The van der Waals surface area contributed by atoms with Crippen LogP contribution in [0.15, 0.2) is 18.2 Å². The Kier molecular flexibility index (Phi) is 5.63. The van der Waals surface area contributed by atoms with Gasteiger partial charge in [-0.15, -0.1) is 0 Å². The van der Waals surface area contributed by atoms with Gasteiger partial charge in [0.2, 0.25) is 0 Å². The summed E-state index contributed by atoms with van der Waals surface area (Å²) in [7, 11) is 3.42. The predicted molar refractivity (Wildman–Crippen MR) is 78.3 cm³/mol. The molecule has 1 unspecified atom stereocenters. The van der Waals surface area contributed by atoms with Gasteiger partial charge in [-0.25, -0.2) is 0 Å². The fourth-order valence-corrected chi connectivity index (χ4v) is 1.74. The maximum atomic E-state index is 11.8. The monoisotopic (exact) mass is 265 g/mol. The number of nitrogens with one attached hydrogen (secondary N) is 1. The highest BCUT2D eigenvalue weighted by Gasteiger charge is 2.09. The van der Waals surface area contributed by atoms with E-state index in [4.69, 9.17) is 10.8 Å². The first-order valence-electron chi connectivity index (χ1n) is 6.45. The van der Waals surface area contributed by atoms with Crippen molar-refractivity contribution in [1.29, 1.82) is 0 Å². The molecule has 0 aromatic heterocycles. The summed E-state index contributed by atoms with van der Waals surface area (Å²) in [6, 6.07) is 5.25. The lowest BCUT2D eigenvalue weighted by atomic mass is 10.1. The fourth-order valence-electron chi connectivity index (χ4n) is 1.74. The number of nitrogens with zero attached hydrogens (tertiary/aromatic N) is 1. The molecular formula is C14H23N3O2. The van der Waals surface area contributed by atoms with Crippen LogP contribution in [-0.2, 0) is 0 Å². The van der Waals surface area contributed by atoms with E-state index in [0.29, 0.717) is 11.3 Å². The van der Waals surface area contributed by atoms with Crippen LogP contribution in [0.25, 0.3) is 0 Å². The molecule has 0 aliphatic heterocycles. The third-order valence-electron chi connectivity index (χ3n) is 2.82. The number of anilines is 2. The lowest BCUT2D eigenvalue weighted by Crippen LogP contribution is -2.21. The smallest absolute Gasteiger partial charge is 0.253 e. The summed E-state index contributed by atoms with van der Waals surface area (Å²) in [5.41, 5.74) is 7.88. The van der Waals surface area contributed by atoms with E-state index in [0.717, 1.165) is 25.1 Å². The quantitative estimate of drug-likeness (QED) is 0.538. The molecule has 0 fully saturated rings. The summed E-state index contributed by atoms with van der Waals surface area (Å²) in [6.07, 6.45) is 1.35. The Labute approximate surface area is 114 Å². The summed E-state index contributed by atoms with van der Waals surface area (Å²) in [5.74, 6) is -0.0626. The number of carbonyl (C=O) groups is 1. The van der Waals surface area contributed by atoms with Crippen molar-refractivity contribution in [2.75, 3.05) is 31.7 Å². The van der Waals surface area contributed by atoms with Crippen LogP contribution in [-0.4, -0.2) is 42.7 Å². The Bertz CT molecular complexity index is 431. The maximum Gasteiger partial charge on any atom is 0.253 e. The normalized spacial score (nSPS) is 12.0. The second-order valence-electron chi connectivity index (χ2n) is 4.92. The van der Waals surface area contributed by atoms with E-state index >= 15 is 0 Å². The topological polar surface area (TPSA) is 78.6 Å². The third-order valence-corrected chi connectivity index (χ3v) is 2.82. The fraction of sp³-hybridized carbons (Fsp3) is 0.500. The summed E-state index contributed by atoms with van der Waals surface area (Å²) in [5, 5.41) is 12.4. The standard InChI is InChI=1S/C14H23N3O2/c1-10(18)5-4-8-16-13-7-6-11(9-12(13)15)14(19)17(2)3/h6-7,9-10,16,18H,4-5,8,15H2,1-3H3. The number of benzene rings is 1. The van der Waals surface area contributed by atoms with Gasteiger partial charge in [-0.3, -0.25) is 4.79 Å². The molecule has 0 aliphatic rings. The number of nitrogen functional groups attached to an aromatic ring is 1. The van der Waals surface area contributed by atoms with Crippen LogP contribution in [0.4, 0.5) is 11.4 Å². The molecule has 5 nitrogen and oxygen atoms in total. The van der Waals surface area contributed by atoms with Crippen LogP contribution in [0, 0.1) is 0 Å². The number of amides is 1. The molecule has 0 spiro atoms. The van der Waals surface area contributed by atoms with Crippen molar-refractivity contribution in [3.05, 3.63) is 23.8 Å². The Balaban J connectivity index is 2.60. The zero-order valence-corrected chi connectivity index (χ0v) is 11.8. The highest BCUT2D eigenvalue weighted by Crippen LogP contribution is 2.20.